The third-order valence-electron chi connectivity index (χ3n) is 3.38. The van der Waals surface area contributed by atoms with Crippen LogP contribution in [0.25, 0.3) is 0 Å². The zero-order chi connectivity index (χ0) is 17.1. The van der Waals surface area contributed by atoms with Crippen molar-refractivity contribution in [2.45, 2.75) is 22.4 Å². The minimum absolute atomic E-state index is 0. The minimum atomic E-state index is -4.09. The monoisotopic (exact) mass is 419 g/mol. The maximum Gasteiger partial charge on any atom is 0.248 e. The van der Waals surface area contributed by atoms with Gasteiger partial charge in [-0.25, -0.2) is 26.7 Å². The number of nitrogens with zero attached hydrogens (tertiary/aromatic N) is 1. The standard InChI is InChI=1S/C12H21N3O5S3.ClH/c1-2-14-23(18,19)11-9-10(21-12(11)22(13,16)17)3-4-15-5-7-20-8-6-15;/h9,14H,2-8H2,1H3,(H2,13,16,17);1H. The molecule has 140 valence electrons. The first-order valence-electron chi connectivity index (χ1n) is 7.19. The molecule has 0 unspecified atom stereocenters. The molecule has 8 nitrogen and oxygen atoms in total. The Labute approximate surface area is 152 Å². The van der Waals surface area contributed by atoms with E-state index in [0.29, 0.717) is 31.1 Å². The van der Waals surface area contributed by atoms with Crippen molar-refractivity contribution < 1.29 is 21.6 Å². The summed E-state index contributed by atoms with van der Waals surface area (Å²) < 4.78 is 55.0. The van der Waals surface area contributed by atoms with Gasteiger partial charge in [-0.15, -0.1) is 23.7 Å². The number of ether oxygens (including phenoxy) is 1. The van der Waals surface area contributed by atoms with E-state index in [1.165, 1.54) is 6.07 Å². The summed E-state index contributed by atoms with van der Waals surface area (Å²) in [6, 6.07) is 1.41. The summed E-state index contributed by atoms with van der Waals surface area (Å²) in [5.74, 6) is 0. The van der Waals surface area contributed by atoms with E-state index in [2.05, 4.69) is 9.62 Å². The quantitative estimate of drug-likeness (QED) is 0.641. The van der Waals surface area contributed by atoms with Crippen LogP contribution in [-0.4, -0.2) is 61.1 Å². The van der Waals surface area contributed by atoms with E-state index in [0.717, 1.165) is 24.4 Å². The van der Waals surface area contributed by atoms with Gasteiger partial charge in [-0.3, -0.25) is 4.90 Å². The highest BCUT2D eigenvalue weighted by Gasteiger charge is 2.27. The first-order chi connectivity index (χ1) is 10.7. The smallest absolute Gasteiger partial charge is 0.248 e. The van der Waals surface area contributed by atoms with Crippen molar-refractivity contribution >= 4 is 43.8 Å². The van der Waals surface area contributed by atoms with Gasteiger partial charge < -0.3 is 4.74 Å². The van der Waals surface area contributed by atoms with Gasteiger partial charge in [0.2, 0.25) is 20.0 Å². The molecule has 0 spiro atoms. The van der Waals surface area contributed by atoms with Crippen LogP contribution in [0.5, 0.6) is 0 Å². The van der Waals surface area contributed by atoms with Crippen molar-refractivity contribution in [2.24, 2.45) is 5.14 Å². The molecule has 1 aliphatic heterocycles. The van der Waals surface area contributed by atoms with Gasteiger partial charge in [0.15, 0.2) is 4.21 Å². The third kappa shape index (κ3) is 5.63. The van der Waals surface area contributed by atoms with Crippen LogP contribution in [0, 0.1) is 0 Å². The van der Waals surface area contributed by atoms with E-state index < -0.39 is 20.0 Å². The Balaban J connectivity index is 0.00000288. The Bertz CT molecular complexity index is 742. The molecule has 1 saturated heterocycles. The molecule has 1 fully saturated rings. The zero-order valence-corrected chi connectivity index (χ0v) is 16.5. The summed E-state index contributed by atoms with van der Waals surface area (Å²) in [6.07, 6.45) is 0.564. The van der Waals surface area contributed by atoms with E-state index in [-0.39, 0.29) is 28.1 Å². The molecule has 24 heavy (non-hydrogen) atoms. The maximum absolute atomic E-state index is 12.2. The van der Waals surface area contributed by atoms with Crippen molar-refractivity contribution in [3.8, 4) is 0 Å². The molecule has 0 atom stereocenters. The van der Waals surface area contributed by atoms with E-state index in [1.807, 2.05) is 0 Å². The first-order valence-corrected chi connectivity index (χ1v) is 11.0. The number of hydrogen-bond acceptors (Lipinski definition) is 7. The molecule has 0 saturated carbocycles. The van der Waals surface area contributed by atoms with Gasteiger partial charge in [-0.05, 0) is 12.5 Å². The normalized spacial score (nSPS) is 16.8. The fourth-order valence-electron chi connectivity index (χ4n) is 2.27. The summed E-state index contributed by atoms with van der Waals surface area (Å²) in [4.78, 5) is 2.61. The van der Waals surface area contributed by atoms with Crippen molar-refractivity contribution in [1.29, 1.82) is 0 Å². The SMILES string of the molecule is CCNS(=O)(=O)c1cc(CCN2CCOCC2)sc1S(N)(=O)=O.Cl. The number of sulfonamides is 2. The molecule has 3 N–H and O–H groups in total. The van der Waals surface area contributed by atoms with Crippen molar-refractivity contribution in [3.63, 3.8) is 0 Å². The lowest BCUT2D eigenvalue weighted by molar-refractivity contribution is 0.0385. The fourth-order valence-corrected chi connectivity index (χ4v) is 6.43. The molecule has 2 heterocycles. The lowest BCUT2D eigenvalue weighted by Gasteiger charge is -2.26. The van der Waals surface area contributed by atoms with E-state index in [9.17, 15) is 16.8 Å². The van der Waals surface area contributed by atoms with E-state index in [4.69, 9.17) is 9.88 Å². The molecule has 0 amide bonds. The summed E-state index contributed by atoms with van der Waals surface area (Å²) in [7, 11) is -7.97. The Morgan fingerprint density at radius 1 is 1.29 bits per heavy atom. The Hall–Kier alpha value is -0.270. The molecular formula is C12H22ClN3O5S3. The number of nitrogens with two attached hydrogens (primary N) is 1. The van der Waals surface area contributed by atoms with Gasteiger partial charge in [0, 0.05) is 31.1 Å². The molecular weight excluding hydrogens is 398 g/mol. The molecule has 0 radical (unpaired) electrons. The zero-order valence-electron chi connectivity index (χ0n) is 13.2. The van der Waals surface area contributed by atoms with Crippen LogP contribution in [-0.2, 0) is 31.2 Å². The highest BCUT2D eigenvalue weighted by Crippen LogP contribution is 2.30. The predicted octanol–water partition coefficient (Wildman–Crippen LogP) is -0.00980. The van der Waals surface area contributed by atoms with Crippen LogP contribution in [0.2, 0.25) is 0 Å². The van der Waals surface area contributed by atoms with Crippen LogP contribution < -0.4 is 9.86 Å². The summed E-state index contributed by atoms with van der Waals surface area (Å²) in [6.45, 7) is 5.49. The van der Waals surface area contributed by atoms with Gasteiger partial charge in [0.05, 0.1) is 13.2 Å². The number of halogens is 1. The van der Waals surface area contributed by atoms with Crippen LogP contribution in [0.4, 0.5) is 0 Å². The molecule has 0 bridgehead atoms. The second-order valence-electron chi connectivity index (χ2n) is 5.11. The van der Waals surface area contributed by atoms with Crippen molar-refractivity contribution in [3.05, 3.63) is 10.9 Å². The maximum atomic E-state index is 12.2. The largest absolute Gasteiger partial charge is 0.379 e. The number of nitrogens with one attached hydrogen (secondary N) is 1. The highest BCUT2D eigenvalue weighted by atomic mass is 35.5. The second kappa shape index (κ2) is 8.90. The third-order valence-corrected chi connectivity index (χ3v) is 7.88. The Kier molecular flexibility index (Phi) is 8.07. The van der Waals surface area contributed by atoms with Gasteiger partial charge in [0.25, 0.3) is 0 Å². The van der Waals surface area contributed by atoms with Crippen LogP contribution in [0.1, 0.15) is 11.8 Å². The summed E-state index contributed by atoms with van der Waals surface area (Å²) >= 11 is 0.918. The molecule has 0 aromatic carbocycles. The second-order valence-corrected chi connectivity index (χ2v) is 9.74. The fraction of sp³-hybridized carbons (Fsp3) is 0.667. The molecule has 1 aromatic heterocycles. The van der Waals surface area contributed by atoms with Crippen molar-refractivity contribution in [1.82, 2.24) is 9.62 Å². The summed E-state index contributed by atoms with van der Waals surface area (Å²) in [5.41, 5.74) is 0. The van der Waals surface area contributed by atoms with Gasteiger partial charge in [-0.2, -0.15) is 0 Å². The van der Waals surface area contributed by atoms with Crippen LogP contribution in [0.3, 0.4) is 0 Å². The lowest BCUT2D eigenvalue weighted by atomic mass is 10.3. The van der Waals surface area contributed by atoms with Crippen LogP contribution >= 0.6 is 23.7 Å². The average Bonchev–Trinajstić information content (AvgIpc) is 2.91. The minimum Gasteiger partial charge on any atom is -0.379 e. The van der Waals surface area contributed by atoms with Gasteiger partial charge >= 0.3 is 0 Å². The van der Waals surface area contributed by atoms with Crippen LogP contribution in [0.15, 0.2) is 15.2 Å². The lowest BCUT2D eigenvalue weighted by Crippen LogP contribution is -2.37. The molecule has 2 rings (SSSR count). The number of rotatable bonds is 7. The van der Waals surface area contributed by atoms with E-state index in [1.54, 1.807) is 6.92 Å². The number of primary sulfonamides is 1. The summed E-state index contributed by atoms with van der Waals surface area (Å²) in [5, 5.41) is 5.17. The Morgan fingerprint density at radius 2 is 1.92 bits per heavy atom. The number of thiophene rings is 1. The molecule has 1 aliphatic rings. The molecule has 12 heteroatoms. The Morgan fingerprint density at radius 3 is 2.46 bits per heavy atom. The van der Waals surface area contributed by atoms with E-state index >= 15 is 0 Å². The average molecular weight is 420 g/mol. The molecule has 1 aromatic rings. The van der Waals surface area contributed by atoms with Gasteiger partial charge in [-0.1, -0.05) is 6.92 Å². The number of hydrogen-bond donors (Lipinski definition) is 2. The topological polar surface area (TPSA) is 119 Å². The van der Waals surface area contributed by atoms with Gasteiger partial charge in [0.1, 0.15) is 4.90 Å². The highest BCUT2D eigenvalue weighted by molar-refractivity contribution is 7.94. The predicted molar refractivity (Wildman–Crippen MR) is 94.8 cm³/mol. The first kappa shape index (κ1) is 21.8. The number of morpholine rings is 1. The molecule has 0 aliphatic carbocycles. The van der Waals surface area contributed by atoms with Crippen molar-refractivity contribution in [2.75, 3.05) is 39.4 Å².